The predicted octanol–water partition coefficient (Wildman–Crippen LogP) is 6.35. The van der Waals surface area contributed by atoms with Crippen molar-refractivity contribution in [3.8, 4) is 11.1 Å². The highest BCUT2D eigenvalue weighted by atomic mass is 19.1. The number of anilines is 3. The molecule has 4 aromatic rings. The van der Waals surface area contributed by atoms with Gasteiger partial charge in [0, 0.05) is 79.4 Å². The van der Waals surface area contributed by atoms with Gasteiger partial charge in [-0.2, -0.15) is 0 Å². The molecule has 1 saturated carbocycles. The number of nitrogens with zero attached hydrogens (tertiary/aromatic N) is 5. The van der Waals surface area contributed by atoms with Gasteiger partial charge < -0.3 is 24.1 Å². The number of benzene rings is 3. The van der Waals surface area contributed by atoms with Crippen molar-refractivity contribution >= 4 is 34.8 Å². The van der Waals surface area contributed by atoms with E-state index in [9.17, 15) is 14.4 Å². The van der Waals surface area contributed by atoms with Gasteiger partial charge in [0.2, 0.25) is 11.8 Å². The Morgan fingerprint density at radius 3 is 2.48 bits per heavy atom. The second kappa shape index (κ2) is 11.8. The van der Waals surface area contributed by atoms with E-state index in [0.717, 1.165) is 57.9 Å². The summed E-state index contributed by atoms with van der Waals surface area (Å²) in [7, 11) is 0. The Morgan fingerprint density at radius 1 is 1.06 bits per heavy atom. The number of fused-ring (bicyclic) bond motifs is 1. The van der Waals surface area contributed by atoms with Crippen LogP contribution in [0.2, 0.25) is 0 Å². The Hall–Kier alpha value is -5.50. The molecule has 3 aliphatic heterocycles. The number of aryl methyl sites for hydroxylation is 3. The van der Waals surface area contributed by atoms with Gasteiger partial charge in [-0.3, -0.25) is 19.7 Å². The van der Waals surface area contributed by atoms with Crippen molar-refractivity contribution in [2.24, 2.45) is 5.92 Å². The van der Waals surface area contributed by atoms with Crippen molar-refractivity contribution in [3.63, 3.8) is 0 Å². The number of aromatic nitrogens is 1. The first kappa shape index (κ1) is 31.7. The fraction of sp³-hybridized carbons (Fsp3) is 0.359. The zero-order valence-corrected chi connectivity index (χ0v) is 28.3. The smallest absolute Gasteiger partial charge is 0.258 e. The maximum Gasteiger partial charge on any atom is 0.258 e. The average Bonchev–Trinajstić information content (AvgIpc) is 3.73. The van der Waals surface area contributed by atoms with E-state index in [4.69, 9.17) is 11.1 Å². The molecule has 1 atom stereocenters. The standard InChI is InChI=1S/C39H37FN6O4/c1-22-5-6-26(36-23(2)43-50-24(36)3)16-33(22)45(29-9-7-28(8-10-29)39(41-4)13-14-39)20-25-18-44(19-25)34-17-30-27(15-31(34)40)21-46(38(30)49)32-11-12-35(47)42-37(32)48/h5-10,15-17,25,32H,11-14,18-21H2,1-3H3,(H,42,47,48). The summed E-state index contributed by atoms with van der Waals surface area (Å²) in [6.07, 6.45) is 2.19. The molecule has 10 nitrogen and oxygen atoms in total. The molecule has 50 heavy (non-hydrogen) atoms. The lowest BCUT2D eigenvalue weighted by Crippen LogP contribution is -2.52. The van der Waals surface area contributed by atoms with E-state index in [1.54, 1.807) is 6.07 Å². The number of hydrogen-bond acceptors (Lipinski definition) is 7. The number of nitrogens with one attached hydrogen (secondary N) is 1. The van der Waals surface area contributed by atoms with Gasteiger partial charge in [-0.1, -0.05) is 17.3 Å². The molecule has 3 fully saturated rings. The van der Waals surface area contributed by atoms with Crippen molar-refractivity contribution in [1.82, 2.24) is 15.4 Å². The molecular weight excluding hydrogens is 635 g/mol. The number of carbonyl (C=O) groups is 3. The molecular formula is C39H37FN6O4. The normalized spacial score (nSPS) is 19.6. The zero-order valence-electron chi connectivity index (χ0n) is 28.3. The molecule has 1 unspecified atom stereocenters. The monoisotopic (exact) mass is 672 g/mol. The van der Waals surface area contributed by atoms with Crippen molar-refractivity contribution < 1.29 is 23.3 Å². The largest absolute Gasteiger partial charge is 0.368 e. The molecule has 4 heterocycles. The maximum absolute atomic E-state index is 15.6. The lowest BCUT2D eigenvalue weighted by Gasteiger charge is -2.44. The molecule has 0 radical (unpaired) electrons. The van der Waals surface area contributed by atoms with Gasteiger partial charge in [0.25, 0.3) is 11.4 Å². The molecule has 1 aromatic heterocycles. The Bertz CT molecular complexity index is 2090. The Kier molecular flexibility index (Phi) is 7.51. The van der Waals surface area contributed by atoms with Crippen LogP contribution in [0.1, 0.15) is 64.2 Å². The number of piperidine rings is 1. The number of halogens is 1. The number of imide groups is 1. The Morgan fingerprint density at radius 2 is 1.82 bits per heavy atom. The lowest BCUT2D eigenvalue weighted by molar-refractivity contribution is -0.136. The highest BCUT2D eigenvalue weighted by Crippen LogP contribution is 2.50. The van der Waals surface area contributed by atoms with Crippen LogP contribution in [-0.4, -0.2) is 53.5 Å². The summed E-state index contributed by atoms with van der Waals surface area (Å²) in [6.45, 7) is 15.7. The van der Waals surface area contributed by atoms with E-state index >= 15 is 4.39 Å². The molecule has 8 rings (SSSR count). The Labute approximate surface area is 289 Å². The van der Waals surface area contributed by atoms with Crippen LogP contribution in [0.3, 0.4) is 0 Å². The minimum atomic E-state index is -0.747. The van der Waals surface area contributed by atoms with Gasteiger partial charge in [0.15, 0.2) is 0 Å². The van der Waals surface area contributed by atoms with E-state index in [-0.39, 0.29) is 37.1 Å². The topological polar surface area (TPSA) is 103 Å². The van der Waals surface area contributed by atoms with E-state index in [1.807, 2.05) is 18.7 Å². The fourth-order valence-corrected chi connectivity index (χ4v) is 7.79. The quantitative estimate of drug-likeness (QED) is 0.172. The van der Waals surface area contributed by atoms with Crippen molar-refractivity contribution in [1.29, 1.82) is 0 Å². The van der Waals surface area contributed by atoms with E-state index < -0.39 is 23.3 Å². The first-order chi connectivity index (χ1) is 24.0. The fourth-order valence-electron chi connectivity index (χ4n) is 7.79. The molecule has 1 aliphatic carbocycles. The zero-order chi connectivity index (χ0) is 34.9. The first-order valence-corrected chi connectivity index (χ1v) is 17.1. The summed E-state index contributed by atoms with van der Waals surface area (Å²) in [4.78, 5) is 47.2. The van der Waals surface area contributed by atoms with Crippen LogP contribution in [0.15, 0.2) is 59.1 Å². The number of rotatable bonds is 8. The molecule has 11 heteroatoms. The van der Waals surface area contributed by atoms with Crippen molar-refractivity contribution in [2.75, 3.05) is 29.4 Å². The molecule has 3 aromatic carbocycles. The van der Waals surface area contributed by atoms with E-state index in [1.165, 1.54) is 11.0 Å². The maximum atomic E-state index is 15.6. The second-order valence-electron chi connectivity index (χ2n) is 14.1. The molecule has 4 aliphatic rings. The molecule has 0 spiro atoms. The van der Waals surface area contributed by atoms with Gasteiger partial charge in [0.1, 0.15) is 17.6 Å². The highest BCUT2D eigenvalue weighted by Gasteiger charge is 2.52. The highest BCUT2D eigenvalue weighted by molar-refractivity contribution is 6.05. The minimum Gasteiger partial charge on any atom is -0.368 e. The van der Waals surface area contributed by atoms with Gasteiger partial charge in [-0.15, -0.1) is 0 Å². The molecule has 2 saturated heterocycles. The van der Waals surface area contributed by atoms with Gasteiger partial charge in [-0.25, -0.2) is 11.0 Å². The number of carbonyl (C=O) groups excluding carboxylic acids is 3. The second-order valence-corrected chi connectivity index (χ2v) is 14.1. The summed E-state index contributed by atoms with van der Waals surface area (Å²) in [5.74, 6) is -0.600. The van der Waals surface area contributed by atoms with E-state index in [2.05, 4.69) is 69.6 Å². The lowest BCUT2D eigenvalue weighted by atomic mass is 9.95. The van der Waals surface area contributed by atoms with Crippen LogP contribution in [0.25, 0.3) is 16.0 Å². The third kappa shape index (κ3) is 5.30. The van der Waals surface area contributed by atoms with Crippen LogP contribution in [0.4, 0.5) is 21.5 Å². The SMILES string of the molecule is [C-]#[N+]C1(c2ccc(N(CC3CN(c4cc5c(cc4F)CN(C4CCC(=O)NC4=O)C5=O)C3)c3cc(-c4c(C)noc4C)ccc3C)cc2)CC1. The summed E-state index contributed by atoms with van der Waals surface area (Å²) < 4.78 is 21.1. The third-order valence-corrected chi connectivity index (χ3v) is 10.8. The minimum absolute atomic E-state index is 0.136. The summed E-state index contributed by atoms with van der Waals surface area (Å²) in [6, 6.07) is 17.0. The van der Waals surface area contributed by atoms with Crippen molar-refractivity contribution in [2.45, 2.75) is 64.6 Å². The van der Waals surface area contributed by atoms with Crippen molar-refractivity contribution in [3.05, 3.63) is 106 Å². The number of hydrogen-bond donors (Lipinski definition) is 1. The Balaban J connectivity index is 1.05. The average molecular weight is 673 g/mol. The van der Waals surface area contributed by atoms with Crippen LogP contribution >= 0.6 is 0 Å². The molecule has 0 bridgehead atoms. The van der Waals surface area contributed by atoms with Crippen LogP contribution in [0.5, 0.6) is 0 Å². The first-order valence-electron chi connectivity index (χ1n) is 17.1. The summed E-state index contributed by atoms with van der Waals surface area (Å²) >= 11 is 0. The molecule has 254 valence electrons. The van der Waals surface area contributed by atoms with Gasteiger partial charge in [-0.05, 0) is 86.3 Å². The van der Waals surface area contributed by atoms with E-state index in [0.29, 0.717) is 36.4 Å². The summed E-state index contributed by atoms with van der Waals surface area (Å²) in [5, 5.41) is 6.48. The molecule has 1 N–H and O–H groups in total. The predicted molar refractivity (Wildman–Crippen MR) is 185 cm³/mol. The van der Waals surface area contributed by atoms with Gasteiger partial charge in [0.05, 0.1) is 11.4 Å². The van der Waals surface area contributed by atoms with Gasteiger partial charge >= 0.3 is 0 Å². The third-order valence-electron chi connectivity index (χ3n) is 10.8. The summed E-state index contributed by atoms with van der Waals surface area (Å²) in [5.41, 5.74) is 7.95. The van der Waals surface area contributed by atoms with Crippen LogP contribution in [0, 0.1) is 39.1 Å². The molecule has 3 amide bonds. The number of amides is 3. The van der Waals surface area contributed by atoms with Crippen LogP contribution in [-0.2, 0) is 21.7 Å². The van der Waals surface area contributed by atoms with Crippen LogP contribution < -0.4 is 15.1 Å².